The Bertz CT molecular complexity index is 776. The summed E-state index contributed by atoms with van der Waals surface area (Å²) in [5, 5.41) is 5.31. The number of aromatic nitrogens is 4. The van der Waals surface area contributed by atoms with E-state index in [0.29, 0.717) is 31.7 Å². The molecule has 2 aromatic rings. The zero-order valence-corrected chi connectivity index (χ0v) is 12.8. The first-order chi connectivity index (χ1) is 9.88. The molecule has 1 aliphatic rings. The molecule has 21 heavy (non-hydrogen) atoms. The monoisotopic (exact) mass is 310 g/mol. The minimum Gasteiger partial charge on any atom is -0.383 e. The molecule has 9 heteroatoms. The summed E-state index contributed by atoms with van der Waals surface area (Å²) in [6.45, 7) is 2.89. The molecule has 0 aromatic carbocycles. The number of piperidine rings is 1. The standard InChI is InChI=1S/C12H18N6O2S/c1-8-10-11(13)14-7-15-12(10)18(16-8)9-3-5-17(6-4-9)21(2,19)20/h7,9H,3-6H2,1-2H3,(H2,13,14,15). The Kier molecular flexibility index (Phi) is 3.33. The van der Waals surface area contributed by atoms with Crippen LogP contribution in [0.3, 0.4) is 0 Å². The number of anilines is 1. The highest BCUT2D eigenvalue weighted by atomic mass is 32.2. The molecule has 114 valence electrons. The highest BCUT2D eigenvalue weighted by Gasteiger charge is 2.28. The highest BCUT2D eigenvalue weighted by Crippen LogP contribution is 2.29. The van der Waals surface area contributed by atoms with Crippen molar-refractivity contribution in [2.24, 2.45) is 0 Å². The third-order valence-corrected chi connectivity index (χ3v) is 5.23. The van der Waals surface area contributed by atoms with E-state index in [0.717, 1.165) is 16.7 Å². The third kappa shape index (κ3) is 2.46. The Morgan fingerprint density at radius 3 is 2.57 bits per heavy atom. The molecule has 2 N–H and O–H groups in total. The number of nitrogen functional groups attached to an aromatic ring is 1. The summed E-state index contributed by atoms with van der Waals surface area (Å²) in [5.74, 6) is 0.428. The van der Waals surface area contributed by atoms with Gasteiger partial charge >= 0.3 is 0 Å². The van der Waals surface area contributed by atoms with E-state index in [-0.39, 0.29) is 6.04 Å². The molecule has 8 nitrogen and oxygen atoms in total. The summed E-state index contributed by atoms with van der Waals surface area (Å²) in [5.41, 5.74) is 7.41. The molecular formula is C12H18N6O2S. The largest absolute Gasteiger partial charge is 0.383 e. The molecule has 1 aliphatic heterocycles. The predicted octanol–water partition coefficient (Wildman–Crippen LogP) is 0.313. The van der Waals surface area contributed by atoms with Crippen molar-refractivity contribution in [3.8, 4) is 0 Å². The van der Waals surface area contributed by atoms with E-state index in [1.165, 1.54) is 16.9 Å². The number of hydrogen-bond acceptors (Lipinski definition) is 6. The maximum Gasteiger partial charge on any atom is 0.211 e. The van der Waals surface area contributed by atoms with Gasteiger partial charge in [0.1, 0.15) is 12.1 Å². The van der Waals surface area contributed by atoms with Crippen molar-refractivity contribution in [1.82, 2.24) is 24.1 Å². The minimum absolute atomic E-state index is 0.133. The maximum atomic E-state index is 11.6. The molecule has 0 spiro atoms. The molecule has 0 radical (unpaired) electrons. The van der Waals surface area contributed by atoms with Crippen LogP contribution in [0.5, 0.6) is 0 Å². The van der Waals surface area contributed by atoms with Gasteiger partial charge in [-0.15, -0.1) is 0 Å². The normalized spacial score (nSPS) is 18.4. The molecule has 3 rings (SSSR count). The van der Waals surface area contributed by atoms with Crippen LogP contribution in [0.1, 0.15) is 24.6 Å². The molecule has 0 amide bonds. The lowest BCUT2D eigenvalue weighted by molar-refractivity contribution is 0.265. The summed E-state index contributed by atoms with van der Waals surface area (Å²) in [4.78, 5) is 8.28. The SMILES string of the molecule is Cc1nn(C2CCN(S(C)(=O)=O)CC2)c2ncnc(N)c12. The third-order valence-electron chi connectivity index (χ3n) is 3.93. The number of hydrogen-bond donors (Lipinski definition) is 1. The molecule has 0 saturated carbocycles. The summed E-state index contributed by atoms with van der Waals surface area (Å²) in [6.07, 6.45) is 4.11. The zero-order valence-electron chi connectivity index (χ0n) is 12.0. The summed E-state index contributed by atoms with van der Waals surface area (Å²) in [6, 6.07) is 0.133. The van der Waals surface area contributed by atoms with Crippen LogP contribution in [0.15, 0.2) is 6.33 Å². The van der Waals surface area contributed by atoms with Crippen molar-refractivity contribution in [1.29, 1.82) is 0 Å². The van der Waals surface area contributed by atoms with Gasteiger partial charge in [-0.3, -0.25) is 0 Å². The van der Waals surface area contributed by atoms with Gasteiger partial charge in [0, 0.05) is 13.1 Å². The summed E-state index contributed by atoms with van der Waals surface area (Å²) < 4.78 is 26.5. The van der Waals surface area contributed by atoms with Crippen molar-refractivity contribution < 1.29 is 8.42 Å². The summed E-state index contributed by atoms with van der Waals surface area (Å²) >= 11 is 0. The van der Waals surface area contributed by atoms with Crippen LogP contribution >= 0.6 is 0 Å². The molecule has 2 aromatic heterocycles. The molecule has 1 saturated heterocycles. The fourth-order valence-electron chi connectivity index (χ4n) is 2.84. The number of nitrogens with zero attached hydrogens (tertiary/aromatic N) is 5. The smallest absolute Gasteiger partial charge is 0.211 e. The van der Waals surface area contributed by atoms with E-state index in [1.807, 2.05) is 11.6 Å². The van der Waals surface area contributed by atoms with Gasteiger partial charge in [0.25, 0.3) is 0 Å². The van der Waals surface area contributed by atoms with Crippen LogP contribution in [-0.4, -0.2) is 51.8 Å². The van der Waals surface area contributed by atoms with Crippen LogP contribution in [0, 0.1) is 6.92 Å². The Morgan fingerprint density at radius 2 is 1.95 bits per heavy atom. The first-order valence-electron chi connectivity index (χ1n) is 6.78. The van der Waals surface area contributed by atoms with Gasteiger partial charge in [-0.25, -0.2) is 27.4 Å². The van der Waals surface area contributed by atoms with Gasteiger partial charge in [-0.2, -0.15) is 5.10 Å². The van der Waals surface area contributed by atoms with Crippen LogP contribution in [0.4, 0.5) is 5.82 Å². The quantitative estimate of drug-likeness (QED) is 0.855. The van der Waals surface area contributed by atoms with E-state index < -0.39 is 10.0 Å². The molecule has 0 aliphatic carbocycles. The zero-order chi connectivity index (χ0) is 15.2. The number of sulfonamides is 1. The molecule has 1 fully saturated rings. The Morgan fingerprint density at radius 1 is 1.29 bits per heavy atom. The van der Waals surface area contributed by atoms with Gasteiger partial charge in [0.2, 0.25) is 10.0 Å². The van der Waals surface area contributed by atoms with Crippen molar-refractivity contribution in [3.05, 3.63) is 12.0 Å². The van der Waals surface area contributed by atoms with Crippen molar-refractivity contribution >= 4 is 26.9 Å². The van der Waals surface area contributed by atoms with Crippen LogP contribution in [-0.2, 0) is 10.0 Å². The second kappa shape index (κ2) is 4.92. The van der Waals surface area contributed by atoms with Crippen LogP contribution in [0.2, 0.25) is 0 Å². The average Bonchev–Trinajstić information content (AvgIpc) is 2.77. The molecule has 0 bridgehead atoms. The maximum absolute atomic E-state index is 11.6. The topological polar surface area (TPSA) is 107 Å². The Balaban J connectivity index is 1.92. The van der Waals surface area contributed by atoms with E-state index in [1.54, 1.807) is 0 Å². The Hall–Kier alpha value is -1.74. The second-order valence-corrected chi connectivity index (χ2v) is 7.36. The van der Waals surface area contributed by atoms with E-state index >= 15 is 0 Å². The van der Waals surface area contributed by atoms with Crippen LogP contribution < -0.4 is 5.73 Å². The fraction of sp³-hybridized carbons (Fsp3) is 0.583. The van der Waals surface area contributed by atoms with E-state index in [9.17, 15) is 8.42 Å². The van der Waals surface area contributed by atoms with Gasteiger partial charge in [0.05, 0.1) is 23.4 Å². The van der Waals surface area contributed by atoms with Gasteiger partial charge in [-0.05, 0) is 19.8 Å². The number of fused-ring (bicyclic) bond motifs is 1. The van der Waals surface area contributed by atoms with Gasteiger partial charge < -0.3 is 5.73 Å². The molecule has 0 atom stereocenters. The van der Waals surface area contributed by atoms with Crippen molar-refractivity contribution in [2.45, 2.75) is 25.8 Å². The van der Waals surface area contributed by atoms with Crippen LogP contribution in [0.25, 0.3) is 11.0 Å². The lowest BCUT2D eigenvalue weighted by Gasteiger charge is -2.30. The summed E-state index contributed by atoms with van der Waals surface area (Å²) in [7, 11) is -3.12. The lowest BCUT2D eigenvalue weighted by Crippen LogP contribution is -2.38. The lowest BCUT2D eigenvalue weighted by atomic mass is 10.1. The second-order valence-electron chi connectivity index (χ2n) is 5.38. The van der Waals surface area contributed by atoms with Gasteiger partial charge in [-0.1, -0.05) is 0 Å². The molecular weight excluding hydrogens is 292 g/mol. The Labute approximate surface area is 123 Å². The van der Waals surface area contributed by atoms with Crippen molar-refractivity contribution in [2.75, 3.05) is 25.1 Å². The predicted molar refractivity (Wildman–Crippen MR) is 79.2 cm³/mol. The number of rotatable bonds is 2. The first-order valence-corrected chi connectivity index (χ1v) is 8.63. The van der Waals surface area contributed by atoms with Crippen molar-refractivity contribution in [3.63, 3.8) is 0 Å². The fourth-order valence-corrected chi connectivity index (χ4v) is 3.72. The van der Waals surface area contributed by atoms with E-state index in [4.69, 9.17) is 5.73 Å². The molecule has 0 unspecified atom stereocenters. The van der Waals surface area contributed by atoms with Gasteiger partial charge in [0.15, 0.2) is 5.65 Å². The molecule has 3 heterocycles. The number of nitrogens with two attached hydrogens (primary N) is 1. The first kappa shape index (κ1) is 14.2. The number of aryl methyl sites for hydroxylation is 1. The highest BCUT2D eigenvalue weighted by molar-refractivity contribution is 7.88. The average molecular weight is 310 g/mol. The minimum atomic E-state index is -3.12. The van der Waals surface area contributed by atoms with E-state index in [2.05, 4.69) is 15.1 Å².